The second-order valence-corrected chi connectivity index (χ2v) is 10.2. The van der Waals surface area contributed by atoms with Crippen molar-refractivity contribution in [1.29, 1.82) is 0 Å². The van der Waals surface area contributed by atoms with Crippen molar-refractivity contribution in [3.63, 3.8) is 0 Å². The Morgan fingerprint density at radius 1 is 1.06 bits per heavy atom. The maximum Gasteiger partial charge on any atom is 0.338 e. The molecule has 0 fully saturated rings. The Morgan fingerprint density at radius 3 is 2.26 bits per heavy atom. The Hall–Kier alpha value is -3.45. The summed E-state index contributed by atoms with van der Waals surface area (Å²) >= 11 is 1.31. The maximum atomic E-state index is 13.6. The molecule has 0 spiro atoms. The molecule has 0 radical (unpaired) electrons. The van der Waals surface area contributed by atoms with Crippen LogP contribution >= 0.6 is 11.3 Å². The van der Waals surface area contributed by atoms with Gasteiger partial charge in [-0.3, -0.25) is 9.36 Å². The van der Waals surface area contributed by atoms with Gasteiger partial charge in [0, 0.05) is 0 Å². The number of fused-ring (bicyclic) bond motifs is 1. The van der Waals surface area contributed by atoms with Crippen LogP contribution in [0.5, 0.6) is 5.75 Å². The maximum absolute atomic E-state index is 13.6. The smallest absolute Gasteiger partial charge is 0.338 e. The van der Waals surface area contributed by atoms with E-state index in [0.29, 0.717) is 20.6 Å². The first-order valence-electron chi connectivity index (χ1n) is 11.0. The first-order valence-corrected chi connectivity index (χ1v) is 11.8. The van der Waals surface area contributed by atoms with Crippen molar-refractivity contribution in [2.24, 2.45) is 4.99 Å². The monoisotopic (exact) mass is 476 g/mol. The standard InChI is InChI=1S/C27H28N2O4S/c1-16-22(25(31)33-6)23(18-9-11-19(12-10-18)27(2,3)4)29-24(30)21(34-26(29)28-16)15-17-7-13-20(32-5)14-8-17/h7-15,23H,1-6H3/b21-15+/t23-/m0/s1. The third-order valence-corrected chi connectivity index (χ3v) is 6.92. The molecular formula is C27H28N2O4S. The lowest BCUT2D eigenvalue weighted by Gasteiger charge is -2.25. The van der Waals surface area contributed by atoms with E-state index < -0.39 is 12.0 Å². The summed E-state index contributed by atoms with van der Waals surface area (Å²) in [5, 5.41) is 0. The number of allylic oxidation sites excluding steroid dienone is 1. The fourth-order valence-electron chi connectivity index (χ4n) is 4.02. The fourth-order valence-corrected chi connectivity index (χ4v) is 5.07. The van der Waals surface area contributed by atoms with Gasteiger partial charge in [-0.1, -0.05) is 68.5 Å². The quantitative estimate of drug-likeness (QED) is 0.539. The van der Waals surface area contributed by atoms with Gasteiger partial charge in [0.15, 0.2) is 4.80 Å². The predicted octanol–water partition coefficient (Wildman–Crippen LogP) is 3.71. The van der Waals surface area contributed by atoms with Gasteiger partial charge < -0.3 is 9.47 Å². The SMILES string of the molecule is COC(=O)C1=C(C)N=c2s/c(=C/c3ccc(OC)cc3)c(=O)n2[C@H]1c1ccc(C(C)(C)C)cc1. The first-order chi connectivity index (χ1) is 16.1. The van der Waals surface area contributed by atoms with E-state index in [4.69, 9.17) is 9.47 Å². The lowest BCUT2D eigenvalue weighted by Crippen LogP contribution is -2.39. The molecule has 3 aromatic rings. The lowest BCUT2D eigenvalue weighted by atomic mass is 9.85. The molecule has 0 bridgehead atoms. The normalized spacial score (nSPS) is 16.2. The molecule has 1 aliphatic rings. The summed E-state index contributed by atoms with van der Waals surface area (Å²) in [5.74, 6) is 0.256. The zero-order chi connectivity index (χ0) is 24.6. The van der Waals surface area contributed by atoms with Crippen molar-refractivity contribution in [1.82, 2.24) is 4.57 Å². The van der Waals surface area contributed by atoms with E-state index in [1.54, 1.807) is 18.6 Å². The van der Waals surface area contributed by atoms with Crippen molar-refractivity contribution in [2.75, 3.05) is 14.2 Å². The summed E-state index contributed by atoms with van der Waals surface area (Å²) < 4.78 is 12.4. The van der Waals surface area contributed by atoms with Crippen LogP contribution in [0.25, 0.3) is 6.08 Å². The van der Waals surface area contributed by atoms with Gasteiger partial charge in [-0.25, -0.2) is 9.79 Å². The molecule has 0 unspecified atom stereocenters. The molecule has 0 amide bonds. The van der Waals surface area contributed by atoms with Crippen LogP contribution in [0.1, 0.15) is 50.4 Å². The summed E-state index contributed by atoms with van der Waals surface area (Å²) in [6.45, 7) is 8.22. The van der Waals surface area contributed by atoms with Crippen LogP contribution in [0.4, 0.5) is 0 Å². The Labute approximate surface area is 202 Å². The Balaban J connectivity index is 1.91. The number of hydrogen-bond acceptors (Lipinski definition) is 6. The molecule has 0 N–H and O–H groups in total. The van der Waals surface area contributed by atoms with Crippen LogP contribution in [0, 0.1) is 0 Å². The van der Waals surface area contributed by atoms with Gasteiger partial charge in [-0.2, -0.15) is 0 Å². The predicted molar refractivity (Wildman–Crippen MR) is 134 cm³/mol. The van der Waals surface area contributed by atoms with E-state index in [1.807, 2.05) is 54.6 Å². The highest BCUT2D eigenvalue weighted by Crippen LogP contribution is 2.32. The van der Waals surface area contributed by atoms with Crippen molar-refractivity contribution < 1.29 is 14.3 Å². The van der Waals surface area contributed by atoms with Crippen molar-refractivity contribution >= 4 is 23.4 Å². The van der Waals surface area contributed by atoms with Gasteiger partial charge in [0.1, 0.15) is 5.75 Å². The number of benzene rings is 2. The summed E-state index contributed by atoms with van der Waals surface area (Å²) in [6.07, 6.45) is 1.83. The Kier molecular flexibility index (Phi) is 6.32. The molecule has 176 valence electrons. The highest BCUT2D eigenvalue weighted by molar-refractivity contribution is 7.07. The van der Waals surface area contributed by atoms with E-state index in [2.05, 4.69) is 25.8 Å². The minimum Gasteiger partial charge on any atom is -0.497 e. The largest absolute Gasteiger partial charge is 0.497 e. The molecule has 1 aliphatic heterocycles. The average Bonchev–Trinajstić information content (AvgIpc) is 3.12. The summed E-state index contributed by atoms with van der Waals surface area (Å²) in [4.78, 5) is 31.5. The van der Waals surface area contributed by atoms with Gasteiger partial charge in [-0.15, -0.1) is 0 Å². The zero-order valence-electron chi connectivity index (χ0n) is 20.2. The van der Waals surface area contributed by atoms with Gasteiger partial charge in [0.2, 0.25) is 0 Å². The number of carbonyl (C=O) groups is 1. The molecule has 4 rings (SSSR count). The van der Waals surface area contributed by atoms with E-state index in [9.17, 15) is 9.59 Å². The molecule has 1 aromatic heterocycles. The summed E-state index contributed by atoms with van der Waals surface area (Å²) in [5.41, 5.74) is 3.59. The van der Waals surface area contributed by atoms with E-state index in [-0.39, 0.29) is 11.0 Å². The van der Waals surface area contributed by atoms with Gasteiger partial charge in [0.25, 0.3) is 5.56 Å². The van der Waals surface area contributed by atoms with Crippen molar-refractivity contribution in [3.05, 3.63) is 96.2 Å². The number of thiazole rings is 1. The Bertz CT molecular complexity index is 1440. The molecule has 0 saturated carbocycles. The number of methoxy groups -OCH3 is 2. The fraction of sp³-hybridized carbons (Fsp3) is 0.296. The minimum absolute atomic E-state index is 0.0117. The van der Waals surface area contributed by atoms with Crippen molar-refractivity contribution in [3.8, 4) is 5.75 Å². The lowest BCUT2D eigenvalue weighted by molar-refractivity contribution is -0.136. The van der Waals surface area contributed by atoms with Gasteiger partial charge in [0.05, 0.1) is 36.1 Å². The number of nitrogens with zero attached hydrogens (tertiary/aromatic N) is 2. The second-order valence-electron chi connectivity index (χ2n) is 9.22. The third-order valence-electron chi connectivity index (χ3n) is 5.93. The summed E-state index contributed by atoms with van der Waals surface area (Å²) in [7, 11) is 2.96. The summed E-state index contributed by atoms with van der Waals surface area (Å²) in [6, 6.07) is 14.9. The molecule has 2 heterocycles. The van der Waals surface area contributed by atoms with Crippen LogP contribution in [0.15, 0.2) is 69.6 Å². The molecule has 2 aromatic carbocycles. The molecule has 6 nitrogen and oxygen atoms in total. The van der Waals surface area contributed by atoms with Gasteiger partial charge >= 0.3 is 5.97 Å². The van der Waals surface area contributed by atoms with E-state index in [0.717, 1.165) is 16.9 Å². The highest BCUT2D eigenvalue weighted by Gasteiger charge is 2.33. The first kappa shape index (κ1) is 23.7. The number of esters is 1. The zero-order valence-corrected chi connectivity index (χ0v) is 21.0. The molecule has 1 atom stereocenters. The highest BCUT2D eigenvalue weighted by atomic mass is 32.1. The van der Waals surface area contributed by atoms with Crippen LogP contribution in [-0.2, 0) is 14.9 Å². The van der Waals surface area contributed by atoms with Crippen LogP contribution in [-0.4, -0.2) is 24.8 Å². The molecule has 0 saturated heterocycles. The second kappa shape index (κ2) is 9.06. The number of aromatic nitrogens is 1. The van der Waals surface area contributed by atoms with Crippen LogP contribution in [0.3, 0.4) is 0 Å². The molecule has 0 aliphatic carbocycles. The molecule has 7 heteroatoms. The average molecular weight is 477 g/mol. The van der Waals surface area contributed by atoms with Gasteiger partial charge in [-0.05, 0) is 47.2 Å². The number of ether oxygens (including phenoxy) is 2. The Morgan fingerprint density at radius 2 is 1.71 bits per heavy atom. The number of hydrogen-bond donors (Lipinski definition) is 0. The van der Waals surface area contributed by atoms with E-state index >= 15 is 0 Å². The molecule has 34 heavy (non-hydrogen) atoms. The third kappa shape index (κ3) is 4.35. The minimum atomic E-state index is -0.615. The van der Waals surface area contributed by atoms with Crippen molar-refractivity contribution in [2.45, 2.75) is 39.2 Å². The number of rotatable bonds is 4. The van der Waals surface area contributed by atoms with E-state index in [1.165, 1.54) is 24.0 Å². The van der Waals surface area contributed by atoms with Crippen LogP contribution in [0.2, 0.25) is 0 Å². The number of carbonyl (C=O) groups excluding carboxylic acids is 1. The topological polar surface area (TPSA) is 69.9 Å². The van der Waals surface area contributed by atoms with Crippen LogP contribution < -0.4 is 19.6 Å². The molecular weight excluding hydrogens is 448 g/mol.